The summed E-state index contributed by atoms with van der Waals surface area (Å²) in [6.07, 6.45) is 3.97. The van der Waals surface area contributed by atoms with Gasteiger partial charge in [0.05, 0.1) is 16.2 Å². The van der Waals surface area contributed by atoms with Crippen molar-refractivity contribution in [3.05, 3.63) is 51.3 Å². The van der Waals surface area contributed by atoms with E-state index in [1.807, 2.05) is 31.3 Å². The minimum absolute atomic E-state index is 0.187. The molecule has 1 aromatic carbocycles. The summed E-state index contributed by atoms with van der Waals surface area (Å²) >= 11 is 12.3. The fourth-order valence-electron chi connectivity index (χ4n) is 2.19. The molecule has 2 N–H and O–H groups in total. The molecule has 0 amide bonds. The molecular formula is C15H19Cl2N3. The van der Waals surface area contributed by atoms with Gasteiger partial charge in [0.25, 0.3) is 0 Å². The van der Waals surface area contributed by atoms with Gasteiger partial charge in [0.2, 0.25) is 0 Å². The van der Waals surface area contributed by atoms with Gasteiger partial charge >= 0.3 is 0 Å². The zero-order valence-corrected chi connectivity index (χ0v) is 13.2. The van der Waals surface area contributed by atoms with E-state index in [0.717, 1.165) is 30.6 Å². The van der Waals surface area contributed by atoms with E-state index in [0.29, 0.717) is 10.0 Å². The molecule has 0 bridgehead atoms. The molecule has 1 atom stereocenters. The predicted octanol–water partition coefficient (Wildman–Crippen LogP) is 4.31. The quantitative estimate of drug-likeness (QED) is 0.780. The smallest absolute Gasteiger partial charge is 0.0639 e. The van der Waals surface area contributed by atoms with E-state index < -0.39 is 0 Å². The van der Waals surface area contributed by atoms with E-state index in [1.165, 1.54) is 5.56 Å². The van der Waals surface area contributed by atoms with Gasteiger partial charge in [-0.1, -0.05) is 35.3 Å². The maximum absolute atomic E-state index is 6.22. The monoisotopic (exact) mass is 311 g/mol. The second-order valence-corrected chi connectivity index (χ2v) is 5.73. The number of aromatic amines is 1. The van der Waals surface area contributed by atoms with Gasteiger partial charge in [-0.05, 0) is 50.4 Å². The largest absolute Gasteiger partial charge is 0.310 e. The Balaban J connectivity index is 1.82. The summed E-state index contributed by atoms with van der Waals surface area (Å²) in [5, 5.41) is 11.7. The highest BCUT2D eigenvalue weighted by molar-refractivity contribution is 6.42. The Morgan fingerprint density at radius 3 is 2.85 bits per heavy atom. The molecule has 2 rings (SSSR count). The Bertz CT molecular complexity index is 566. The summed E-state index contributed by atoms with van der Waals surface area (Å²) in [6, 6.07) is 5.93. The summed E-state index contributed by atoms with van der Waals surface area (Å²) in [6.45, 7) is 5.07. The van der Waals surface area contributed by atoms with Crippen LogP contribution >= 0.6 is 23.2 Å². The lowest BCUT2D eigenvalue weighted by molar-refractivity contribution is 0.558. The third kappa shape index (κ3) is 3.75. The fourth-order valence-corrected chi connectivity index (χ4v) is 2.66. The molecule has 108 valence electrons. The van der Waals surface area contributed by atoms with Gasteiger partial charge in [-0.3, -0.25) is 5.10 Å². The molecule has 0 spiro atoms. The molecule has 0 aliphatic carbocycles. The van der Waals surface area contributed by atoms with Crippen molar-refractivity contribution in [2.75, 3.05) is 6.54 Å². The van der Waals surface area contributed by atoms with Crippen LogP contribution in [0, 0.1) is 6.92 Å². The molecule has 0 aliphatic rings. The molecule has 0 fully saturated rings. The van der Waals surface area contributed by atoms with Crippen LogP contribution in [0.15, 0.2) is 24.4 Å². The number of benzene rings is 1. The van der Waals surface area contributed by atoms with Gasteiger partial charge in [-0.25, -0.2) is 0 Å². The van der Waals surface area contributed by atoms with E-state index >= 15 is 0 Å². The van der Waals surface area contributed by atoms with Gasteiger partial charge in [-0.2, -0.15) is 5.10 Å². The molecular weight excluding hydrogens is 293 g/mol. The number of nitrogens with one attached hydrogen (secondary N) is 2. The minimum atomic E-state index is 0.187. The van der Waals surface area contributed by atoms with Crippen molar-refractivity contribution in [1.29, 1.82) is 0 Å². The molecule has 1 aromatic heterocycles. The van der Waals surface area contributed by atoms with Crippen molar-refractivity contribution < 1.29 is 0 Å². The van der Waals surface area contributed by atoms with Crippen molar-refractivity contribution >= 4 is 23.2 Å². The number of halogens is 2. The highest BCUT2D eigenvalue weighted by atomic mass is 35.5. The van der Waals surface area contributed by atoms with Crippen molar-refractivity contribution in [2.24, 2.45) is 0 Å². The minimum Gasteiger partial charge on any atom is -0.310 e. The molecule has 20 heavy (non-hydrogen) atoms. The van der Waals surface area contributed by atoms with Crippen LogP contribution in [0.4, 0.5) is 0 Å². The van der Waals surface area contributed by atoms with Crippen molar-refractivity contribution in [1.82, 2.24) is 15.5 Å². The molecule has 0 saturated carbocycles. The lowest BCUT2D eigenvalue weighted by Gasteiger charge is -2.16. The third-order valence-electron chi connectivity index (χ3n) is 3.46. The topological polar surface area (TPSA) is 40.7 Å². The predicted molar refractivity (Wildman–Crippen MR) is 84.5 cm³/mol. The molecule has 3 nitrogen and oxygen atoms in total. The molecule has 1 heterocycles. The van der Waals surface area contributed by atoms with Gasteiger partial charge in [0, 0.05) is 11.7 Å². The fraction of sp³-hybridized carbons (Fsp3) is 0.400. The molecule has 0 radical (unpaired) electrons. The van der Waals surface area contributed by atoms with Crippen LogP contribution in [0.3, 0.4) is 0 Å². The Hall–Kier alpha value is -1.03. The third-order valence-corrected chi connectivity index (χ3v) is 4.29. The van der Waals surface area contributed by atoms with Gasteiger partial charge in [0.1, 0.15) is 0 Å². The van der Waals surface area contributed by atoms with E-state index in [9.17, 15) is 0 Å². The van der Waals surface area contributed by atoms with Crippen LogP contribution in [0.5, 0.6) is 0 Å². The van der Waals surface area contributed by atoms with Crippen molar-refractivity contribution in [3.63, 3.8) is 0 Å². The second-order valence-electron chi connectivity index (χ2n) is 4.94. The number of rotatable bonds is 6. The van der Waals surface area contributed by atoms with E-state index in [2.05, 4.69) is 22.4 Å². The first kappa shape index (κ1) is 15.4. The first-order valence-corrected chi connectivity index (χ1v) is 7.51. The average molecular weight is 312 g/mol. The summed E-state index contributed by atoms with van der Waals surface area (Å²) in [7, 11) is 0. The number of H-pyrrole nitrogens is 1. The van der Waals surface area contributed by atoms with Crippen LogP contribution in [-0.4, -0.2) is 16.7 Å². The maximum Gasteiger partial charge on any atom is 0.0639 e. The first-order chi connectivity index (χ1) is 9.59. The zero-order chi connectivity index (χ0) is 14.5. The molecule has 0 aliphatic heterocycles. The molecule has 1 unspecified atom stereocenters. The Labute approximate surface area is 129 Å². The average Bonchev–Trinajstić information content (AvgIpc) is 2.83. The second kappa shape index (κ2) is 7.11. The lowest BCUT2D eigenvalue weighted by Crippen LogP contribution is -2.20. The number of hydrogen-bond donors (Lipinski definition) is 2. The van der Waals surface area contributed by atoms with Crippen LogP contribution in [0.25, 0.3) is 0 Å². The molecule has 0 saturated heterocycles. The van der Waals surface area contributed by atoms with Gasteiger partial charge in [0.15, 0.2) is 0 Å². The standard InChI is InChI=1S/C15H19Cl2N3/c1-10-12(9-19-20-10)5-4-8-18-11(2)13-6-3-7-14(16)15(13)17/h3,6-7,9,11,18H,4-5,8H2,1-2H3,(H,19,20). The summed E-state index contributed by atoms with van der Waals surface area (Å²) in [5.41, 5.74) is 3.47. The normalized spacial score (nSPS) is 12.6. The van der Waals surface area contributed by atoms with Crippen molar-refractivity contribution in [2.45, 2.75) is 32.7 Å². The van der Waals surface area contributed by atoms with E-state index in [4.69, 9.17) is 23.2 Å². The highest BCUT2D eigenvalue weighted by Crippen LogP contribution is 2.29. The summed E-state index contributed by atoms with van der Waals surface area (Å²) in [5.74, 6) is 0. The summed E-state index contributed by atoms with van der Waals surface area (Å²) in [4.78, 5) is 0. The lowest BCUT2D eigenvalue weighted by atomic mass is 10.1. The van der Waals surface area contributed by atoms with Gasteiger partial charge < -0.3 is 5.32 Å². The highest BCUT2D eigenvalue weighted by Gasteiger charge is 2.11. The zero-order valence-electron chi connectivity index (χ0n) is 11.7. The van der Waals surface area contributed by atoms with E-state index in [-0.39, 0.29) is 6.04 Å². The number of aryl methyl sites for hydroxylation is 2. The Morgan fingerprint density at radius 2 is 2.15 bits per heavy atom. The van der Waals surface area contributed by atoms with Crippen LogP contribution in [0.1, 0.15) is 36.2 Å². The maximum atomic E-state index is 6.22. The summed E-state index contributed by atoms with van der Waals surface area (Å²) < 4.78 is 0. The molecule has 5 heteroatoms. The van der Waals surface area contributed by atoms with Crippen LogP contribution in [-0.2, 0) is 6.42 Å². The molecule has 2 aromatic rings. The van der Waals surface area contributed by atoms with E-state index in [1.54, 1.807) is 0 Å². The Kier molecular flexibility index (Phi) is 5.46. The number of hydrogen-bond acceptors (Lipinski definition) is 2. The van der Waals surface area contributed by atoms with Crippen LogP contribution in [0.2, 0.25) is 10.0 Å². The van der Waals surface area contributed by atoms with Crippen molar-refractivity contribution in [3.8, 4) is 0 Å². The van der Waals surface area contributed by atoms with Crippen LogP contribution < -0.4 is 5.32 Å². The number of nitrogens with zero attached hydrogens (tertiary/aromatic N) is 1. The SMILES string of the molecule is Cc1[nH]ncc1CCCNC(C)c1cccc(Cl)c1Cl. The Morgan fingerprint density at radius 1 is 1.35 bits per heavy atom. The number of aromatic nitrogens is 2. The first-order valence-electron chi connectivity index (χ1n) is 6.75. The van der Waals surface area contributed by atoms with Gasteiger partial charge in [-0.15, -0.1) is 0 Å².